The molecule has 1 amide bonds. The third-order valence-electron chi connectivity index (χ3n) is 4.60. The summed E-state index contributed by atoms with van der Waals surface area (Å²) in [6.45, 7) is 1.03. The van der Waals surface area contributed by atoms with E-state index in [-0.39, 0.29) is 11.5 Å². The molecule has 0 spiro atoms. The highest BCUT2D eigenvalue weighted by molar-refractivity contribution is 7.96. The van der Waals surface area contributed by atoms with E-state index in [0.29, 0.717) is 47.7 Å². The lowest BCUT2D eigenvalue weighted by atomic mass is 10.1. The summed E-state index contributed by atoms with van der Waals surface area (Å²) < 4.78 is 13.9. The molecule has 12 heteroatoms. The molecule has 1 saturated carbocycles. The number of benzene rings is 1. The highest BCUT2D eigenvalue weighted by atomic mass is 32.2. The lowest BCUT2D eigenvalue weighted by Crippen LogP contribution is -2.28. The van der Waals surface area contributed by atoms with Crippen LogP contribution in [-0.4, -0.2) is 47.5 Å². The molecule has 1 fully saturated rings. The summed E-state index contributed by atoms with van der Waals surface area (Å²) >= 11 is 1.44. The number of hydrogen-bond donors (Lipinski definition) is 5. The molecular weight excluding hydrogens is 432 g/mol. The van der Waals surface area contributed by atoms with Crippen molar-refractivity contribution in [3.63, 3.8) is 0 Å². The van der Waals surface area contributed by atoms with E-state index >= 15 is 0 Å². The number of amides is 1. The Bertz CT molecular complexity index is 1050. The number of primary amides is 1. The first kappa shape index (κ1) is 23.3. The van der Waals surface area contributed by atoms with Crippen molar-refractivity contribution in [3.8, 4) is 17.1 Å². The molecule has 0 unspecified atom stereocenters. The molecule has 3 rings (SSSR count). The summed E-state index contributed by atoms with van der Waals surface area (Å²) in [4.78, 5) is 20.4. The van der Waals surface area contributed by atoms with Gasteiger partial charge in [-0.2, -0.15) is 4.98 Å². The Morgan fingerprint density at radius 3 is 2.88 bits per heavy atom. The maximum Gasteiger partial charge on any atom is 0.268 e. The number of aliphatic imine (C=N–C) groups is 1. The molecule has 0 aliphatic heterocycles. The zero-order valence-electron chi connectivity index (χ0n) is 17.8. The van der Waals surface area contributed by atoms with Crippen molar-refractivity contribution >= 4 is 35.1 Å². The molecule has 32 heavy (non-hydrogen) atoms. The maximum absolute atomic E-state index is 11.7. The first-order valence-electron chi connectivity index (χ1n) is 9.86. The van der Waals surface area contributed by atoms with Gasteiger partial charge in [0.15, 0.2) is 5.75 Å². The molecule has 11 nitrogen and oxygen atoms in total. The molecule has 7 N–H and O–H groups in total. The second-order valence-electron chi connectivity index (χ2n) is 7.05. The van der Waals surface area contributed by atoms with Crippen LogP contribution in [-0.2, 0) is 11.3 Å². The van der Waals surface area contributed by atoms with Crippen LogP contribution in [0.4, 0.5) is 5.69 Å². The van der Waals surface area contributed by atoms with E-state index < -0.39 is 11.6 Å². The Morgan fingerprint density at radius 1 is 1.44 bits per heavy atom. The molecule has 170 valence electrons. The second kappa shape index (κ2) is 10.8. The first-order chi connectivity index (χ1) is 15.4. The molecule has 0 bridgehead atoms. The molecule has 1 heterocycles. The molecule has 1 aromatic heterocycles. The molecule has 1 aliphatic carbocycles. The fourth-order valence-corrected chi connectivity index (χ4v) is 3.05. The third kappa shape index (κ3) is 6.08. The predicted octanol–water partition coefficient (Wildman–Crippen LogP) is 1.68. The number of ether oxygens (including phenoxy) is 1. The van der Waals surface area contributed by atoms with Gasteiger partial charge >= 0.3 is 0 Å². The van der Waals surface area contributed by atoms with Crippen LogP contribution < -0.4 is 26.2 Å². The lowest BCUT2D eigenvalue weighted by Gasteiger charge is -2.15. The number of carbonyl (C=O) groups excluding carboxylic acids is 1. The van der Waals surface area contributed by atoms with E-state index in [1.165, 1.54) is 25.1 Å². The number of aromatic nitrogens is 2. The molecule has 1 aliphatic rings. The number of hydrogen-bond acceptors (Lipinski definition) is 10. The fourth-order valence-electron chi connectivity index (χ4n) is 2.78. The number of rotatable bonds is 12. The van der Waals surface area contributed by atoms with Gasteiger partial charge < -0.3 is 26.0 Å². The highest BCUT2D eigenvalue weighted by Gasteiger charge is 2.21. The average Bonchev–Trinajstić information content (AvgIpc) is 3.50. The molecule has 0 saturated heterocycles. The molecular formula is C20H26N8O3S. The third-order valence-corrected chi connectivity index (χ3v) is 5.04. The molecule has 0 atom stereocenters. The predicted molar refractivity (Wildman–Crippen MR) is 124 cm³/mol. The SMILES string of the molecule is COc1c(N/C(=C/C(N)=NCC2CC2)C(=N)C(N)=O)cccc1-c1noc(CNSC)n1. The van der Waals surface area contributed by atoms with E-state index in [2.05, 4.69) is 25.2 Å². The van der Waals surface area contributed by atoms with Crippen molar-refractivity contribution in [2.75, 3.05) is 25.2 Å². The quantitative estimate of drug-likeness (QED) is 0.180. The van der Waals surface area contributed by atoms with Gasteiger partial charge in [-0.25, -0.2) is 0 Å². The van der Waals surface area contributed by atoms with Gasteiger partial charge in [-0.1, -0.05) is 23.2 Å². The summed E-state index contributed by atoms with van der Waals surface area (Å²) in [6.07, 6.45) is 5.59. The van der Waals surface area contributed by atoms with Crippen LogP contribution in [0, 0.1) is 11.3 Å². The number of nitrogens with two attached hydrogens (primary N) is 2. The smallest absolute Gasteiger partial charge is 0.268 e. The Labute approximate surface area is 189 Å². The van der Waals surface area contributed by atoms with E-state index in [4.69, 9.17) is 26.1 Å². The molecule has 2 aromatic rings. The number of carbonyl (C=O) groups is 1. The van der Waals surface area contributed by atoms with Crippen molar-refractivity contribution in [2.24, 2.45) is 22.4 Å². The van der Waals surface area contributed by atoms with Crippen molar-refractivity contribution in [1.29, 1.82) is 5.41 Å². The summed E-state index contributed by atoms with van der Waals surface area (Å²) in [5, 5.41) is 15.1. The minimum absolute atomic E-state index is 0.1000. The number of methoxy groups -OCH3 is 1. The monoisotopic (exact) mass is 458 g/mol. The van der Waals surface area contributed by atoms with Crippen molar-refractivity contribution in [2.45, 2.75) is 19.4 Å². The van der Waals surface area contributed by atoms with Gasteiger partial charge in [-0.15, -0.1) is 0 Å². The zero-order chi connectivity index (χ0) is 23.1. The van der Waals surface area contributed by atoms with Gasteiger partial charge in [0.2, 0.25) is 11.7 Å². The summed E-state index contributed by atoms with van der Waals surface area (Å²) in [7, 11) is 1.49. The normalized spacial score (nSPS) is 14.3. The molecule has 1 aromatic carbocycles. The Hall–Kier alpha value is -3.38. The minimum atomic E-state index is -0.905. The fraction of sp³-hybridized carbons (Fsp3) is 0.350. The van der Waals surface area contributed by atoms with Crippen molar-refractivity contribution in [3.05, 3.63) is 35.9 Å². The van der Waals surface area contributed by atoms with Crippen molar-refractivity contribution < 1.29 is 14.1 Å². The van der Waals surface area contributed by atoms with Gasteiger partial charge in [-0.05, 0) is 37.1 Å². The van der Waals surface area contributed by atoms with Crippen LogP contribution in [0.15, 0.2) is 39.5 Å². The van der Waals surface area contributed by atoms with Gasteiger partial charge in [-0.3, -0.25) is 19.9 Å². The standard InChI is InChI=1S/C20H26N8O3S/c1-30-18-12(20-27-16(31-28-20)10-25-32-2)4-3-5-13(18)26-14(17(22)19(23)29)8-15(21)24-9-11-6-7-11/h3-5,8,11,22,25-26H,6-7,9-10H2,1-2H3,(H2,21,24)(H2,23,29)/b14-8+,22-17?. The Balaban J connectivity index is 1.91. The van der Waals surface area contributed by atoms with Crippen LogP contribution in [0.25, 0.3) is 11.4 Å². The van der Waals surface area contributed by atoms with Crippen LogP contribution >= 0.6 is 11.9 Å². The van der Waals surface area contributed by atoms with E-state index in [1.807, 2.05) is 6.26 Å². The van der Waals surface area contributed by atoms with Crippen LogP contribution in [0.1, 0.15) is 18.7 Å². The molecule has 0 radical (unpaired) electrons. The first-order valence-corrected chi connectivity index (χ1v) is 11.1. The number of nitrogens with one attached hydrogen (secondary N) is 3. The highest BCUT2D eigenvalue weighted by Crippen LogP contribution is 2.36. The largest absolute Gasteiger partial charge is 0.494 e. The number of amidine groups is 1. The van der Waals surface area contributed by atoms with Crippen molar-refractivity contribution in [1.82, 2.24) is 14.9 Å². The topological polar surface area (TPSA) is 178 Å². The summed E-state index contributed by atoms with van der Waals surface area (Å²) in [5.74, 6) is 1.00. The van der Waals surface area contributed by atoms with Crippen LogP contribution in [0.3, 0.4) is 0 Å². The Kier molecular flexibility index (Phi) is 7.84. The second-order valence-corrected chi connectivity index (χ2v) is 7.75. The van der Waals surface area contributed by atoms with E-state index in [0.717, 1.165) is 12.8 Å². The number of anilines is 1. The van der Waals surface area contributed by atoms with Gasteiger partial charge in [0.1, 0.15) is 11.5 Å². The summed E-state index contributed by atoms with van der Waals surface area (Å²) in [6, 6.07) is 5.25. The van der Waals surface area contributed by atoms with Gasteiger partial charge in [0.05, 0.1) is 30.6 Å². The number of para-hydroxylation sites is 1. The maximum atomic E-state index is 11.7. The van der Waals surface area contributed by atoms with Gasteiger partial charge in [0.25, 0.3) is 5.91 Å². The average molecular weight is 459 g/mol. The van der Waals surface area contributed by atoms with Gasteiger partial charge in [0, 0.05) is 12.6 Å². The van der Waals surface area contributed by atoms with E-state index in [1.54, 1.807) is 18.2 Å². The van der Waals surface area contributed by atoms with E-state index in [9.17, 15) is 4.79 Å². The minimum Gasteiger partial charge on any atom is -0.494 e. The van der Waals surface area contributed by atoms with Crippen LogP contribution in [0.2, 0.25) is 0 Å². The Morgan fingerprint density at radius 2 is 2.22 bits per heavy atom. The number of nitrogens with zero attached hydrogens (tertiary/aromatic N) is 3. The van der Waals surface area contributed by atoms with Crippen LogP contribution in [0.5, 0.6) is 5.75 Å². The summed E-state index contributed by atoms with van der Waals surface area (Å²) in [5.41, 5.74) is 12.0. The lowest BCUT2D eigenvalue weighted by molar-refractivity contribution is -0.112. The zero-order valence-corrected chi connectivity index (χ0v) is 18.7.